The first-order valence-corrected chi connectivity index (χ1v) is 8.56. The topological polar surface area (TPSA) is 35.6 Å². The van der Waals surface area contributed by atoms with Gasteiger partial charge in [0.25, 0.3) is 5.91 Å². The molecule has 0 aliphatic carbocycles. The lowest BCUT2D eigenvalue weighted by Crippen LogP contribution is -2.42. The summed E-state index contributed by atoms with van der Waals surface area (Å²) in [5.74, 6) is 0.172. The molecule has 1 aliphatic rings. The number of nitrogens with one attached hydrogen (secondary N) is 1. The van der Waals surface area contributed by atoms with E-state index in [0.717, 1.165) is 64.2 Å². The lowest BCUT2D eigenvalue weighted by molar-refractivity contribution is 0.0755. The number of hydrogen-bond acceptors (Lipinski definition) is 3. The van der Waals surface area contributed by atoms with Crippen LogP contribution in [0.4, 0.5) is 0 Å². The van der Waals surface area contributed by atoms with Gasteiger partial charge in [-0.2, -0.15) is 0 Å². The summed E-state index contributed by atoms with van der Waals surface area (Å²) in [6.07, 6.45) is 2.01. The normalized spacial score (nSPS) is 15.7. The second kappa shape index (κ2) is 8.91. The second-order valence-electron chi connectivity index (χ2n) is 6.02. The van der Waals surface area contributed by atoms with Crippen molar-refractivity contribution >= 4 is 5.91 Å². The Morgan fingerprint density at radius 3 is 2.50 bits per heavy atom. The lowest BCUT2D eigenvalue weighted by Gasteiger charge is -2.27. The van der Waals surface area contributed by atoms with Crippen molar-refractivity contribution in [2.75, 3.05) is 39.3 Å². The SMILES string of the molecule is CCCN(CCC)C(=O)c1cccc(CN2CCNCC2)c1. The van der Waals surface area contributed by atoms with E-state index in [4.69, 9.17) is 0 Å². The van der Waals surface area contributed by atoms with Gasteiger partial charge in [-0.25, -0.2) is 0 Å². The maximum Gasteiger partial charge on any atom is 0.253 e. The van der Waals surface area contributed by atoms with Gasteiger partial charge in [-0.1, -0.05) is 26.0 Å². The summed E-state index contributed by atoms with van der Waals surface area (Å²) in [7, 11) is 0. The monoisotopic (exact) mass is 303 g/mol. The number of rotatable bonds is 7. The number of hydrogen-bond donors (Lipinski definition) is 1. The minimum atomic E-state index is 0.172. The van der Waals surface area contributed by atoms with Crippen molar-refractivity contribution in [3.8, 4) is 0 Å². The van der Waals surface area contributed by atoms with Crippen LogP contribution in [-0.2, 0) is 6.54 Å². The van der Waals surface area contributed by atoms with E-state index in [9.17, 15) is 4.79 Å². The number of nitrogens with zero attached hydrogens (tertiary/aromatic N) is 2. The third kappa shape index (κ3) is 4.82. The molecular formula is C18H29N3O. The molecular weight excluding hydrogens is 274 g/mol. The Morgan fingerprint density at radius 1 is 1.18 bits per heavy atom. The largest absolute Gasteiger partial charge is 0.339 e. The zero-order valence-corrected chi connectivity index (χ0v) is 14.0. The molecule has 1 amide bonds. The predicted molar refractivity (Wildman–Crippen MR) is 91.1 cm³/mol. The van der Waals surface area contributed by atoms with Crippen LogP contribution in [0.1, 0.15) is 42.6 Å². The Morgan fingerprint density at radius 2 is 1.86 bits per heavy atom. The van der Waals surface area contributed by atoms with Gasteiger partial charge in [0.2, 0.25) is 0 Å². The summed E-state index contributed by atoms with van der Waals surface area (Å²) in [5.41, 5.74) is 2.07. The molecule has 0 aromatic heterocycles. The van der Waals surface area contributed by atoms with Crippen LogP contribution in [0.2, 0.25) is 0 Å². The molecule has 0 atom stereocenters. The molecule has 2 rings (SSSR count). The fourth-order valence-corrected chi connectivity index (χ4v) is 2.97. The van der Waals surface area contributed by atoms with Gasteiger partial charge in [-0.3, -0.25) is 9.69 Å². The van der Waals surface area contributed by atoms with E-state index < -0.39 is 0 Å². The Bertz CT molecular complexity index is 463. The first kappa shape index (κ1) is 17.0. The van der Waals surface area contributed by atoms with Crippen LogP contribution < -0.4 is 5.32 Å². The smallest absolute Gasteiger partial charge is 0.253 e. The highest BCUT2D eigenvalue weighted by Crippen LogP contribution is 2.12. The lowest BCUT2D eigenvalue weighted by atomic mass is 10.1. The van der Waals surface area contributed by atoms with Gasteiger partial charge in [0.1, 0.15) is 0 Å². The molecule has 1 N–H and O–H groups in total. The molecule has 4 nitrogen and oxygen atoms in total. The van der Waals surface area contributed by atoms with E-state index in [1.165, 1.54) is 5.56 Å². The summed E-state index contributed by atoms with van der Waals surface area (Å²) in [6, 6.07) is 8.16. The molecule has 1 aliphatic heterocycles. The summed E-state index contributed by atoms with van der Waals surface area (Å²) >= 11 is 0. The van der Waals surface area contributed by atoms with Gasteiger partial charge < -0.3 is 10.2 Å². The van der Waals surface area contributed by atoms with E-state index >= 15 is 0 Å². The van der Waals surface area contributed by atoms with Crippen LogP contribution in [-0.4, -0.2) is 55.0 Å². The predicted octanol–water partition coefficient (Wildman–Crippen LogP) is 2.35. The average molecular weight is 303 g/mol. The first-order chi connectivity index (χ1) is 10.7. The van der Waals surface area contributed by atoms with Gasteiger partial charge in [0, 0.05) is 51.4 Å². The zero-order chi connectivity index (χ0) is 15.8. The molecule has 1 heterocycles. The van der Waals surface area contributed by atoms with Crippen LogP contribution in [0.25, 0.3) is 0 Å². The van der Waals surface area contributed by atoms with Crippen LogP contribution in [0.3, 0.4) is 0 Å². The fourth-order valence-electron chi connectivity index (χ4n) is 2.97. The number of carbonyl (C=O) groups excluding carboxylic acids is 1. The van der Waals surface area contributed by atoms with Crippen molar-refractivity contribution in [3.05, 3.63) is 35.4 Å². The molecule has 0 radical (unpaired) electrons. The van der Waals surface area contributed by atoms with Crippen LogP contribution >= 0.6 is 0 Å². The molecule has 1 aromatic rings. The molecule has 1 aromatic carbocycles. The van der Waals surface area contributed by atoms with Crippen molar-refractivity contribution in [1.82, 2.24) is 15.1 Å². The molecule has 0 unspecified atom stereocenters. The van der Waals surface area contributed by atoms with E-state index in [1.54, 1.807) is 0 Å². The van der Waals surface area contributed by atoms with Crippen LogP contribution in [0, 0.1) is 0 Å². The average Bonchev–Trinajstić information content (AvgIpc) is 2.55. The van der Waals surface area contributed by atoms with Gasteiger partial charge in [-0.05, 0) is 30.5 Å². The molecule has 0 bridgehead atoms. The zero-order valence-electron chi connectivity index (χ0n) is 14.0. The molecule has 0 spiro atoms. The third-order valence-electron chi connectivity index (χ3n) is 4.06. The van der Waals surface area contributed by atoms with Crippen molar-refractivity contribution < 1.29 is 4.79 Å². The van der Waals surface area contributed by atoms with E-state index in [-0.39, 0.29) is 5.91 Å². The minimum absolute atomic E-state index is 0.172. The molecule has 122 valence electrons. The molecule has 22 heavy (non-hydrogen) atoms. The second-order valence-corrected chi connectivity index (χ2v) is 6.02. The van der Waals surface area contributed by atoms with Gasteiger partial charge in [0.05, 0.1) is 0 Å². The van der Waals surface area contributed by atoms with Gasteiger partial charge >= 0.3 is 0 Å². The quantitative estimate of drug-likeness (QED) is 0.840. The maximum absolute atomic E-state index is 12.7. The summed E-state index contributed by atoms with van der Waals surface area (Å²) in [5, 5.41) is 3.37. The minimum Gasteiger partial charge on any atom is -0.339 e. The van der Waals surface area contributed by atoms with E-state index in [2.05, 4.69) is 36.2 Å². The number of carbonyl (C=O) groups is 1. The van der Waals surface area contributed by atoms with Crippen molar-refractivity contribution in [3.63, 3.8) is 0 Å². The fraction of sp³-hybridized carbons (Fsp3) is 0.611. The molecule has 1 fully saturated rings. The number of piperazine rings is 1. The molecule has 4 heteroatoms. The highest BCUT2D eigenvalue weighted by Gasteiger charge is 2.15. The van der Waals surface area contributed by atoms with Crippen LogP contribution in [0.5, 0.6) is 0 Å². The van der Waals surface area contributed by atoms with Crippen molar-refractivity contribution in [1.29, 1.82) is 0 Å². The highest BCUT2D eigenvalue weighted by molar-refractivity contribution is 5.94. The van der Waals surface area contributed by atoms with Crippen molar-refractivity contribution in [2.45, 2.75) is 33.2 Å². The van der Waals surface area contributed by atoms with E-state index in [1.807, 2.05) is 17.0 Å². The standard InChI is InChI=1S/C18H29N3O/c1-3-10-21(11-4-2)18(22)17-7-5-6-16(14-17)15-20-12-8-19-9-13-20/h5-7,14,19H,3-4,8-13,15H2,1-2H3. The summed E-state index contributed by atoms with van der Waals surface area (Å²) in [4.78, 5) is 17.1. The summed E-state index contributed by atoms with van der Waals surface area (Å²) in [6.45, 7) is 11.1. The third-order valence-corrected chi connectivity index (χ3v) is 4.06. The van der Waals surface area contributed by atoms with Crippen molar-refractivity contribution in [2.24, 2.45) is 0 Å². The number of benzene rings is 1. The highest BCUT2D eigenvalue weighted by atomic mass is 16.2. The Hall–Kier alpha value is -1.39. The van der Waals surface area contributed by atoms with Gasteiger partial charge in [-0.15, -0.1) is 0 Å². The molecule has 0 saturated carbocycles. The van der Waals surface area contributed by atoms with Gasteiger partial charge in [0.15, 0.2) is 0 Å². The first-order valence-electron chi connectivity index (χ1n) is 8.56. The Kier molecular flexibility index (Phi) is 6.87. The Balaban J connectivity index is 2.04. The van der Waals surface area contributed by atoms with E-state index in [0.29, 0.717) is 0 Å². The maximum atomic E-state index is 12.7. The molecule has 1 saturated heterocycles. The summed E-state index contributed by atoms with van der Waals surface area (Å²) < 4.78 is 0. The van der Waals surface area contributed by atoms with Crippen LogP contribution in [0.15, 0.2) is 24.3 Å². The number of amides is 1. The Labute approximate surface area is 134 Å².